The first-order valence-corrected chi connectivity index (χ1v) is 8.41. The van der Waals surface area contributed by atoms with Crippen molar-refractivity contribution < 1.29 is 14.4 Å². The Morgan fingerprint density at radius 3 is 3.09 bits per heavy atom. The van der Waals surface area contributed by atoms with Crippen LogP contribution in [-0.2, 0) is 16.2 Å². The van der Waals surface area contributed by atoms with Crippen LogP contribution in [0.25, 0.3) is 10.2 Å². The van der Waals surface area contributed by atoms with E-state index < -0.39 is 5.97 Å². The number of para-hydroxylation sites is 1. The lowest BCUT2D eigenvalue weighted by Gasteiger charge is -2.01. The zero-order valence-corrected chi connectivity index (χ0v) is 14.0. The highest BCUT2D eigenvalue weighted by molar-refractivity contribution is 7.82. The minimum Gasteiger partial charge on any atom is -0.420 e. The van der Waals surface area contributed by atoms with Gasteiger partial charge in [-0.2, -0.15) is 0 Å². The molecule has 10 heteroatoms. The number of hydrogen-bond donors (Lipinski definition) is 2. The number of benzene rings is 1. The number of oxime groups is 1. The summed E-state index contributed by atoms with van der Waals surface area (Å²) in [6.07, 6.45) is 0.947. The molecule has 2 heterocycles. The monoisotopic (exact) mass is 366 g/mol. The van der Waals surface area contributed by atoms with Crippen LogP contribution in [0.2, 0.25) is 0 Å². The number of carbonyl (C=O) groups is 1. The summed E-state index contributed by atoms with van der Waals surface area (Å²) >= 11 is 6.90. The number of nitrogens with two attached hydrogens (primary N) is 1. The van der Waals surface area contributed by atoms with Crippen molar-refractivity contribution in [3.63, 3.8) is 0 Å². The number of carbonyl (C=O) groups excluding carboxylic acids is 1. The second-order valence-electron chi connectivity index (χ2n) is 4.21. The number of esters is 1. The number of hydrogen-bond acceptors (Lipinski definition) is 10. The lowest BCUT2D eigenvalue weighted by molar-refractivity contribution is -0.126. The predicted octanol–water partition coefficient (Wildman–Crippen LogP) is 2.73. The highest BCUT2D eigenvalue weighted by Gasteiger charge is 2.10. The summed E-state index contributed by atoms with van der Waals surface area (Å²) in [4.78, 5) is 24.9. The molecular formula is C13H10N4O3S3. The quantitative estimate of drug-likeness (QED) is 0.237. The van der Waals surface area contributed by atoms with Gasteiger partial charge in [-0.3, -0.25) is 0 Å². The summed E-state index contributed by atoms with van der Waals surface area (Å²) in [6.45, 7) is 0.127. The van der Waals surface area contributed by atoms with Crippen LogP contribution in [0.3, 0.4) is 0 Å². The van der Waals surface area contributed by atoms with Crippen molar-refractivity contribution >= 4 is 62.8 Å². The molecule has 0 saturated carbocycles. The summed E-state index contributed by atoms with van der Waals surface area (Å²) in [6, 6.07) is 5.30. The minimum atomic E-state index is -0.663. The van der Waals surface area contributed by atoms with Gasteiger partial charge in [0, 0.05) is 5.38 Å². The Balaban J connectivity index is 1.59. The number of aromatic nitrogens is 2. The average molecular weight is 366 g/mol. The van der Waals surface area contributed by atoms with E-state index >= 15 is 0 Å². The summed E-state index contributed by atoms with van der Waals surface area (Å²) in [5.74, 6) is -0.313. The fourth-order valence-corrected chi connectivity index (χ4v) is 3.37. The standard InChI is InChI=1S/C13H10N4O3S3/c14-12-16-7(6-22-12)5-19-15-4-10(18)20-8-2-1-3-9-11(8)17-13(21)23-9/h1-4,6H,5H2,(H2,14,16)(H,17,21). The van der Waals surface area contributed by atoms with Crippen molar-refractivity contribution in [3.8, 4) is 5.75 Å². The summed E-state index contributed by atoms with van der Waals surface area (Å²) in [5.41, 5.74) is 6.72. The molecule has 0 saturated heterocycles. The van der Waals surface area contributed by atoms with Gasteiger partial charge in [-0.1, -0.05) is 11.2 Å². The van der Waals surface area contributed by atoms with Gasteiger partial charge in [0.25, 0.3) is 0 Å². The van der Waals surface area contributed by atoms with Gasteiger partial charge in [0.15, 0.2) is 23.7 Å². The minimum absolute atomic E-state index is 0.127. The zero-order valence-electron chi connectivity index (χ0n) is 11.5. The fraction of sp³-hybridized carbons (Fsp3) is 0.0769. The molecule has 0 amide bonds. The van der Waals surface area contributed by atoms with Crippen molar-refractivity contribution in [3.05, 3.63) is 29.3 Å². The molecule has 1 aromatic carbocycles. The van der Waals surface area contributed by atoms with Crippen LogP contribution < -0.4 is 10.5 Å². The topological polar surface area (TPSA) is 99.7 Å². The Morgan fingerprint density at radius 2 is 2.30 bits per heavy atom. The smallest absolute Gasteiger partial charge is 0.358 e. The summed E-state index contributed by atoms with van der Waals surface area (Å²) in [7, 11) is 0. The molecule has 7 nitrogen and oxygen atoms in total. The lowest BCUT2D eigenvalue weighted by Crippen LogP contribution is -2.09. The van der Waals surface area contributed by atoms with E-state index in [-0.39, 0.29) is 6.61 Å². The first-order valence-electron chi connectivity index (χ1n) is 6.27. The zero-order chi connectivity index (χ0) is 16.2. The number of thiol groups is 1. The van der Waals surface area contributed by atoms with Crippen LogP contribution in [0.1, 0.15) is 5.69 Å². The molecule has 0 aliphatic rings. The van der Waals surface area contributed by atoms with E-state index in [1.165, 1.54) is 22.7 Å². The summed E-state index contributed by atoms with van der Waals surface area (Å²) < 4.78 is 6.69. The summed E-state index contributed by atoms with van der Waals surface area (Å²) in [5, 5.41) is 5.75. The third kappa shape index (κ3) is 3.97. The largest absolute Gasteiger partial charge is 0.420 e. The van der Waals surface area contributed by atoms with E-state index in [0.717, 1.165) is 10.9 Å². The van der Waals surface area contributed by atoms with Crippen LogP contribution >= 0.6 is 35.3 Å². The van der Waals surface area contributed by atoms with Crippen molar-refractivity contribution in [1.29, 1.82) is 0 Å². The van der Waals surface area contributed by atoms with Crippen molar-refractivity contribution in [2.24, 2.45) is 5.16 Å². The molecule has 0 fully saturated rings. The molecule has 3 aromatic rings. The molecule has 0 bridgehead atoms. The molecule has 0 aliphatic heterocycles. The third-order valence-electron chi connectivity index (χ3n) is 2.60. The lowest BCUT2D eigenvalue weighted by atomic mass is 10.3. The Bertz CT molecular complexity index is 874. The predicted molar refractivity (Wildman–Crippen MR) is 92.3 cm³/mol. The van der Waals surface area contributed by atoms with Crippen LogP contribution in [0.5, 0.6) is 5.75 Å². The van der Waals surface area contributed by atoms with E-state index in [1.807, 2.05) is 6.07 Å². The normalized spacial score (nSPS) is 11.2. The van der Waals surface area contributed by atoms with Crippen LogP contribution in [-0.4, -0.2) is 22.2 Å². The molecule has 0 spiro atoms. The van der Waals surface area contributed by atoms with Crippen molar-refractivity contribution in [2.75, 3.05) is 5.73 Å². The first-order chi connectivity index (χ1) is 11.1. The van der Waals surface area contributed by atoms with Gasteiger partial charge in [0.2, 0.25) is 0 Å². The number of fused-ring (bicyclic) bond motifs is 1. The van der Waals surface area contributed by atoms with E-state index in [9.17, 15) is 4.79 Å². The molecule has 2 N–H and O–H groups in total. The Labute approximate surface area is 144 Å². The molecule has 0 radical (unpaired) electrons. The van der Waals surface area contributed by atoms with Gasteiger partial charge in [-0.25, -0.2) is 14.8 Å². The number of nitrogens with zero attached hydrogens (tertiary/aromatic N) is 3. The van der Waals surface area contributed by atoms with Crippen molar-refractivity contribution in [1.82, 2.24) is 9.97 Å². The number of thiazole rings is 2. The Kier molecular flexibility index (Phi) is 4.74. The van der Waals surface area contributed by atoms with E-state index in [1.54, 1.807) is 17.5 Å². The maximum absolute atomic E-state index is 11.7. The van der Waals surface area contributed by atoms with Crippen LogP contribution in [0, 0.1) is 0 Å². The number of ether oxygens (including phenoxy) is 1. The first kappa shape index (κ1) is 15.7. The molecule has 23 heavy (non-hydrogen) atoms. The second-order valence-corrected chi connectivity index (χ2v) is 6.85. The molecule has 118 valence electrons. The van der Waals surface area contributed by atoms with Crippen LogP contribution in [0.15, 0.2) is 33.1 Å². The fourth-order valence-electron chi connectivity index (χ4n) is 1.70. The SMILES string of the molecule is Nc1nc(CON=CC(=O)Oc2cccc3sc(S)nc23)cs1. The van der Waals surface area contributed by atoms with Gasteiger partial charge in [0.05, 0.1) is 10.4 Å². The number of anilines is 1. The molecule has 0 unspecified atom stereocenters. The van der Waals surface area contributed by atoms with Gasteiger partial charge >= 0.3 is 5.97 Å². The molecule has 2 aromatic heterocycles. The third-order valence-corrected chi connectivity index (χ3v) is 4.52. The van der Waals surface area contributed by atoms with Crippen LogP contribution in [0.4, 0.5) is 5.13 Å². The van der Waals surface area contributed by atoms with Gasteiger partial charge in [-0.05, 0) is 12.1 Å². The van der Waals surface area contributed by atoms with E-state index in [4.69, 9.17) is 15.3 Å². The molecule has 0 aliphatic carbocycles. The Hall–Kier alpha value is -2.17. The van der Waals surface area contributed by atoms with Gasteiger partial charge in [-0.15, -0.1) is 35.3 Å². The molecular weight excluding hydrogens is 356 g/mol. The highest BCUT2D eigenvalue weighted by Crippen LogP contribution is 2.31. The second kappa shape index (κ2) is 6.94. The maximum Gasteiger partial charge on any atom is 0.358 e. The number of rotatable bonds is 5. The van der Waals surface area contributed by atoms with E-state index in [0.29, 0.717) is 26.4 Å². The maximum atomic E-state index is 11.7. The van der Waals surface area contributed by atoms with Gasteiger partial charge < -0.3 is 15.3 Å². The number of nitrogen functional groups attached to an aromatic ring is 1. The average Bonchev–Trinajstić information content (AvgIpc) is 3.09. The Morgan fingerprint density at radius 1 is 1.43 bits per heavy atom. The highest BCUT2D eigenvalue weighted by atomic mass is 32.2. The van der Waals surface area contributed by atoms with E-state index in [2.05, 4.69) is 27.8 Å². The molecule has 0 atom stereocenters. The molecule has 3 rings (SSSR count). The van der Waals surface area contributed by atoms with Crippen molar-refractivity contribution in [2.45, 2.75) is 10.9 Å². The van der Waals surface area contributed by atoms with Gasteiger partial charge in [0.1, 0.15) is 9.86 Å².